The topological polar surface area (TPSA) is 70.5 Å². The molecule has 2 aromatic heterocycles. The molecule has 1 N–H and O–H groups in total. The van der Waals surface area contributed by atoms with Crippen molar-refractivity contribution in [1.29, 1.82) is 0 Å². The molecule has 1 atom stereocenters. The molecule has 0 radical (unpaired) electrons. The summed E-state index contributed by atoms with van der Waals surface area (Å²) in [5.41, 5.74) is 2.89. The van der Waals surface area contributed by atoms with Gasteiger partial charge in [-0.2, -0.15) is 0 Å². The number of thiophene rings is 1. The molecule has 170 valence electrons. The maximum Gasteiger partial charge on any atom is 0.294 e. The van der Waals surface area contributed by atoms with E-state index in [1.54, 1.807) is 19.1 Å². The van der Waals surface area contributed by atoms with Gasteiger partial charge < -0.3 is 5.11 Å². The van der Waals surface area contributed by atoms with Crippen molar-refractivity contribution in [3.8, 4) is 10.6 Å². The smallest absolute Gasteiger partial charge is 0.294 e. The van der Waals surface area contributed by atoms with E-state index in [0.29, 0.717) is 26.3 Å². The molecule has 0 fully saturated rings. The molecule has 0 saturated carbocycles. The third kappa shape index (κ3) is 3.76. The van der Waals surface area contributed by atoms with Crippen LogP contribution in [0.15, 0.2) is 77.4 Å². The molecule has 1 unspecified atom stereocenters. The molecular formula is C26H19ClN2O3S2. The molecule has 0 bridgehead atoms. The summed E-state index contributed by atoms with van der Waals surface area (Å²) in [5.74, 6) is -1.58. The summed E-state index contributed by atoms with van der Waals surface area (Å²) in [7, 11) is 0. The molecule has 0 spiro atoms. The van der Waals surface area contributed by atoms with E-state index in [9.17, 15) is 14.7 Å². The molecule has 1 amide bonds. The second-order valence-electron chi connectivity index (χ2n) is 7.92. The fraction of sp³-hybridized carbons (Fsp3) is 0.115. The Labute approximate surface area is 209 Å². The number of ketones is 1. The summed E-state index contributed by atoms with van der Waals surface area (Å²) in [6.45, 7) is 3.64. The van der Waals surface area contributed by atoms with Crippen LogP contribution in [0.2, 0.25) is 5.02 Å². The molecule has 0 aliphatic carbocycles. The second-order valence-corrected chi connectivity index (χ2v) is 10.3. The lowest BCUT2D eigenvalue weighted by Gasteiger charge is -2.26. The molecule has 3 heterocycles. The largest absolute Gasteiger partial charge is 0.503 e. The van der Waals surface area contributed by atoms with E-state index in [1.807, 2.05) is 60.8 Å². The normalized spacial score (nSPS) is 15.9. The zero-order valence-electron chi connectivity index (χ0n) is 18.3. The number of carbonyl (C=O) groups excluding carboxylic acids is 2. The standard InChI is InChI=1S/C26H19ClN2O3S2/c1-14-10-11-17(13-18(14)27)29-21(19-9-6-12-33-19)20(23(31)26(29)32)22(30)24-15(2)28-25(34-24)16-7-4-3-5-8-16/h3-13,21,31H,1-2H3. The van der Waals surface area contributed by atoms with Crippen LogP contribution in [0.3, 0.4) is 0 Å². The van der Waals surface area contributed by atoms with Gasteiger partial charge in [-0.15, -0.1) is 22.7 Å². The molecule has 5 rings (SSSR count). The quantitative estimate of drug-likeness (QED) is 0.298. The maximum atomic E-state index is 13.8. The van der Waals surface area contributed by atoms with Crippen LogP contribution < -0.4 is 4.90 Å². The Morgan fingerprint density at radius 3 is 2.53 bits per heavy atom. The Kier molecular flexibility index (Phi) is 5.85. The number of thiazole rings is 1. The van der Waals surface area contributed by atoms with Gasteiger partial charge in [-0.25, -0.2) is 4.98 Å². The summed E-state index contributed by atoms with van der Waals surface area (Å²) in [6, 6.07) is 17.8. The number of rotatable bonds is 5. The van der Waals surface area contributed by atoms with Gasteiger partial charge in [-0.1, -0.05) is 54.1 Å². The Hall–Kier alpha value is -3.26. The zero-order valence-corrected chi connectivity index (χ0v) is 20.7. The van der Waals surface area contributed by atoms with Crippen LogP contribution in [0.4, 0.5) is 5.69 Å². The lowest BCUT2D eigenvalue weighted by Crippen LogP contribution is -2.30. The number of halogens is 1. The van der Waals surface area contributed by atoms with E-state index in [1.165, 1.54) is 27.6 Å². The number of aliphatic hydroxyl groups excluding tert-OH is 1. The van der Waals surface area contributed by atoms with Crippen molar-refractivity contribution in [3.05, 3.63) is 103 Å². The molecular weight excluding hydrogens is 488 g/mol. The van der Waals surface area contributed by atoms with Crippen molar-refractivity contribution < 1.29 is 14.7 Å². The molecule has 0 saturated heterocycles. The monoisotopic (exact) mass is 506 g/mol. The van der Waals surface area contributed by atoms with Crippen LogP contribution >= 0.6 is 34.3 Å². The van der Waals surface area contributed by atoms with Gasteiger partial charge in [0.1, 0.15) is 11.0 Å². The van der Waals surface area contributed by atoms with Crippen molar-refractivity contribution in [2.45, 2.75) is 19.9 Å². The van der Waals surface area contributed by atoms with E-state index < -0.39 is 23.5 Å². The molecule has 8 heteroatoms. The number of benzene rings is 2. The molecule has 1 aliphatic heterocycles. The number of aliphatic hydroxyl groups is 1. The molecule has 4 aromatic rings. The van der Waals surface area contributed by atoms with Crippen LogP contribution in [0, 0.1) is 13.8 Å². The molecule has 34 heavy (non-hydrogen) atoms. The van der Waals surface area contributed by atoms with E-state index in [4.69, 9.17) is 11.6 Å². The van der Waals surface area contributed by atoms with E-state index in [2.05, 4.69) is 4.98 Å². The van der Waals surface area contributed by atoms with Gasteiger partial charge in [0.15, 0.2) is 5.76 Å². The highest BCUT2D eigenvalue weighted by atomic mass is 35.5. The SMILES string of the molecule is Cc1ccc(N2C(=O)C(O)=C(C(=O)c3sc(-c4ccccc4)nc3C)C2c2cccs2)cc1Cl. The zero-order chi connectivity index (χ0) is 24.0. The average Bonchev–Trinajstić information content (AvgIpc) is 3.55. The minimum Gasteiger partial charge on any atom is -0.503 e. The lowest BCUT2D eigenvalue weighted by atomic mass is 10.00. The van der Waals surface area contributed by atoms with Crippen LogP contribution in [-0.4, -0.2) is 21.8 Å². The number of hydrogen-bond acceptors (Lipinski definition) is 6. The van der Waals surface area contributed by atoms with Gasteiger partial charge in [0.05, 0.1) is 16.1 Å². The third-order valence-electron chi connectivity index (χ3n) is 5.72. The van der Waals surface area contributed by atoms with Crippen LogP contribution in [0.5, 0.6) is 0 Å². The summed E-state index contributed by atoms with van der Waals surface area (Å²) in [5, 5.41) is 14.0. The van der Waals surface area contributed by atoms with Gasteiger partial charge in [0.25, 0.3) is 5.91 Å². The number of carbonyl (C=O) groups is 2. The number of aromatic nitrogens is 1. The Morgan fingerprint density at radius 2 is 1.85 bits per heavy atom. The lowest BCUT2D eigenvalue weighted by molar-refractivity contribution is -0.117. The maximum absolute atomic E-state index is 13.8. The van der Waals surface area contributed by atoms with Gasteiger partial charge in [0.2, 0.25) is 5.78 Å². The van der Waals surface area contributed by atoms with Crippen molar-refractivity contribution >= 4 is 51.7 Å². The van der Waals surface area contributed by atoms with Gasteiger partial charge in [-0.3, -0.25) is 14.5 Å². The predicted molar refractivity (Wildman–Crippen MR) is 137 cm³/mol. The van der Waals surface area contributed by atoms with Crippen LogP contribution in [0.25, 0.3) is 10.6 Å². The van der Waals surface area contributed by atoms with E-state index in [0.717, 1.165) is 16.0 Å². The van der Waals surface area contributed by atoms with Crippen LogP contribution in [-0.2, 0) is 4.79 Å². The van der Waals surface area contributed by atoms with E-state index in [-0.39, 0.29) is 5.57 Å². The first-order valence-corrected chi connectivity index (χ1v) is 12.6. The average molecular weight is 507 g/mol. The number of amides is 1. The highest BCUT2D eigenvalue weighted by Gasteiger charge is 2.46. The van der Waals surface area contributed by atoms with Crippen molar-refractivity contribution in [2.24, 2.45) is 0 Å². The number of nitrogens with zero attached hydrogens (tertiary/aromatic N) is 2. The van der Waals surface area contributed by atoms with Gasteiger partial charge in [0, 0.05) is 21.2 Å². The Balaban J connectivity index is 1.61. The first kappa shape index (κ1) is 22.5. The first-order valence-electron chi connectivity index (χ1n) is 10.5. The van der Waals surface area contributed by atoms with E-state index >= 15 is 0 Å². The number of hydrogen-bond donors (Lipinski definition) is 1. The van der Waals surface area contributed by atoms with Crippen molar-refractivity contribution in [2.75, 3.05) is 4.90 Å². The van der Waals surface area contributed by atoms with Crippen molar-refractivity contribution in [3.63, 3.8) is 0 Å². The second kappa shape index (κ2) is 8.83. The third-order valence-corrected chi connectivity index (χ3v) is 8.26. The van der Waals surface area contributed by atoms with Crippen LogP contribution in [0.1, 0.15) is 31.8 Å². The summed E-state index contributed by atoms with van der Waals surface area (Å²) in [4.78, 5) is 34.3. The molecule has 5 nitrogen and oxygen atoms in total. The first-order chi connectivity index (χ1) is 16.4. The van der Waals surface area contributed by atoms with Crippen molar-refractivity contribution in [1.82, 2.24) is 4.98 Å². The van der Waals surface area contributed by atoms with Gasteiger partial charge in [-0.05, 0) is 43.0 Å². The Bertz CT molecular complexity index is 1440. The fourth-order valence-electron chi connectivity index (χ4n) is 3.98. The molecule has 1 aliphatic rings. The minimum absolute atomic E-state index is 0.0514. The molecule has 2 aromatic carbocycles. The summed E-state index contributed by atoms with van der Waals surface area (Å²) >= 11 is 9.01. The fourth-order valence-corrected chi connectivity index (χ4v) is 6.01. The summed E-state index contributed by atoms with van der Waals surface area (Å²) in [6.07, 6.45) is 0. The van der Waals surface area contributed by atoms with Gasteiger partial charge >= 0.3 is 0 Å². The number of anilines is 1. The summed E-state index contributed by atoms with van der Waals surface area (Å²) < 4.78 is 0. The number of aryl methyl sites for hydroxylation is 2. The highest BCUT2D eigenvalue weighted by Crippen LogP contribution is 2.45. The highest BCUT2D eigenvalue weighted by molar-refractivity contribution is 7.17. The Morgan fingerprint density at radius 1 is 1.09 bits per heavy atom. The number of Topliss-reactive ketones (excluding diaryl/α,β-unsaturated/α-hetero) is 1. The minimum atomic E-state index is -0.763. The predicted octanol–water partition coefficient (Wildman–Crippen LogP) is 6.92.